The number of rotatable bonds is 6. The number of benzene rings is 1. The quantitative estimate of drug-likeness (QED) is 0.745. The second-order valence-electron chi connectivity index (χ2n) is 5.66. The molecule has 3 rings (SSSR count). The molecule has 2 aromatic heterocycles. The first-order chi connectivity index (χ1) is 11.6. The summed E-state index contributed by atoms with van der Waals surface area (Å²) in [5.74, 6) is 0.523. The molecule has 0 fully saturated rings. The van der Waals surface area contributed by atoms with Crippen LogP contribution in [-0.2, 0) is 17.6 Å². The summed E-state index contributed by atoms with van der Waals surface area (Å²) >= 11 is 1.65. The first kappa shape index (κ1) is 16.4. The minimum Gasteiger partial charge on any atom is -0.480 e. The molecule has 3 aromatic rings. The van der Waals surface area contributed by atoms with Crippen molar-refractivity contribution in [2.75, 3.05) is 18.5 Å². The predicted octanol–water partition coefficient (Wildman–Crippen LogP) is 3.37. The van der Waals surface area contributed by atoms with E-state index < -0.39 is 5.97 Å². The number of anilines is 1. The highest BCUT2D eigenvalue weighted by Crippen LogP contribution is 2.31. The lowest BCUT2D eigenvalue weighted by atomic mass is 10.1. The lowest BCUT2D eigenvalue weighted by Crippen LogP contribution is -2.26. The molecule has 0 aliphatic rings. The normalized spacial score (nSPS) is 10.9. The molecular weight excluding hydrogens is 322 g/mol. The molecule has 0 aliphatic carbocycles. The van der Waals surface area contributed by atoms with Crippen LogP contribution in [0.25, 0.3) is 10.2 Å². The number of likely N-dealkylation sites (N-methyl/N-ethyl adjacent to an activating group) is 1. The molecular formula is C18H19N3O2S. The summed E-state index contributed by atoms with van der Waals surface area (Å²) in [6.45, 7) is 2.01. The molecule has 0 radical (unpaired) electrons. The summed E-state index contributed by atoms with van der Waals surface area (Å²) in [4.78, 5) is 24.2. The van der Waals surface area contributed by atoms with Crippen molar-refractivity contribution in [1.82, 2.24) is 9.97 Å². The van der Waals surface area contributed by atoms with Gasteiger partial charge in [-0.1, -0.05) is 37.3 Å². The van der Waals surface area contributed by atoms with Crippen molar-refractivity contribution in [2.45, 2.75) is 19.8 Å². The van der Waals surface area contributed by atoms with Gasteiger partial charge in [-0.25, -0.2) is 9.97 Å². The number of aromatic nitrogens is 2. The zero-order valence-corrected chi connectivity index (χ0v) is 14.5. The fourth-order valence-electron chi connectivity index (χ4n) is 2.60. The van der Waals surface area contributed by atoms with Crippen LogP contribution in [0.5, 0.6) is 0 Å². The van der Waals surface area contributed by atoms with Gasteiger partial charge in [-0.2, -0.15) is 0 Å². The second-order valence-corrected chi connectivity index (χ2v) is 6.78. The fraction of sp³-hybridized carbons (Fsp3) is 0.278. The van der Waals surface area contributed by atoms with E-state index in [0.717, 1.165) is 22.2 Å². The predicted molar refractivity (Wildman–Crippen MR) is 96.9 cm³/mol. The maximum atomic E-state index is 11.1. The van der Waals surface area contributed by atoms with Crippen molar-refractivity contribution in [1.29, 1.82) is 0 Å². The Kier molecular flexibility index (Phi) is 4.76. The van der Waals surface area contributed by atoms with Gasteiger partial charge in [0.25, 0.3) is 0 Å². The van der Waals surface area contributed by atoms with Crippen LogP contribution in [0.2, 0.25) is 0 Å². The van der Waals surface area contributed by atoms with Crippen molar-refractivity contribution >= 4 is 33.3 Å². The van der Waals surface area contributed by atoms with Crippen LogP contribution in [0.15, 0.2) is 36.4 Å². The Morgan fingerprint density at radius 2 is 2.00 bits per heavy atom. The van der Waals surface area contributed by atoms with E-state index in [1.165, 1.54) is 4.88 Å². The monoisotopic (exact) mass is 341 g/mol. The van der Waals surface area contributed by atoms with Gasteiger partial charge in [0.2, 0.25) is 0 Å². The number of hydrogen-bond donors (Lipinski definition) is 1. The highest BCUT2D eigenvalue weighted by molar-refractivity contribution is 7.18. The van der Waals surface area contributed by atoms with E-state index >= 15 is 0 Å². The molecule has 0 bridgehead atoms. The van der Waals surface area contributed by atoms with E-state index in [9.17, 15) is 4.79 Å². The lowest BCUT2D eigenvalue weighted by molar-refractivity contribution is -0.135. The molecule has 1 N–H and O–H groups in total. The Balaban J connectivity index is 2.05. The Bertz CT molecular complexity index is 861. The summed E-state index contributed by atoms with van der Waals surface area (Å²) < 4.78 is 0. The molecule has 0 aliphatic heterocycles. The molecule has 2 heterocycles. The van der Waals surface area contributed by atoms with Crippen LogP contribution < -0.4 is 4.90 Å². The number of thiophene rings is 1. The Labute approximate surface area is 144 Å². The molecule has 0 spiro atoms. The largest absolute Gasteiger partial charge is 0.480 e. The number of carboxylic acid groups (broad SMARTS) is 1. The third-order valence-electron chi connectivity index (χ3n) is 3.76. The number of hydrogen-bond acceptors (Lipinski definition) is 5. The van der Waals surface area contributed by atoms with Crippen LogP contribution in [-0.4, -0.2) is 34.6 Å². The first-order valence-electron chi connectivity index (χ1n) is 7.83. The van der Waals surface area contributed by atoms with Crippen LogP contribution in [0.1, 0.15) is 23.2 Å². The van der Waals surface area contributed by atoms with Gasteiger partial charge in [-0.15, -0.1) is 11.3 Å². The zero-order valence-electron chi connectivity index (χ0n) is 13.7. The number of carboxylic acids is 1. The Hall–Kier alpha value is -2.47. The number of carbonyl (C=O) groups is 1. The second kappa shape index (κ2) is 6.97. The first-order valence-corrected chi connectivity index (χ1v) is 8.64. The van der Waals surface area contributed by atoms with Crippen LogP contribution in [0.4, 0.5) is 5.82 Å². The summed E-state index contributed by atoms with van der Waals surface area (Å²) in [6.07, 6.45) is 1.56. The highest BCUT2D eigenvalue weighted by Gasteiger charge is 2.16. The molecule has 0 atom stereocenters. The molecule has 124 valence electrons. The minimum atomic E-state index is -0.875. The maximum Gasteiger partial charge on any atom is 0.323 e. The van der Waals surface area contributed by atoms with Crippen molar-refractivity contribution in [3.05, 3.63) is 52.7 Å². The number of nitrogens with zero attached hydrogens (tertiary/aromatic N) is 3. The van der Waals surface area contributed by atoms with Gasteiger partial charge in [-0.3, -0.25) is 4.79 Å². The Morgan fingerprint density at radius 3 is 2.67 bits per heavy atom. The minimum absolute atomic E-state index is 0.0891. The van der Waals surface area contributed by atoms with E-state index in [0.29, 0.717) is 18.1 Å². The number of fused-ring (bicyclic) bond motifs is 1. The highest BCUT2D eigenvalue weighted by atomic mass is 32.1. The van der Waals surface area contributed by atoms with Crippen molar-refractivity contribution < 1.29 is 9.90 Å². The molecule has 0 amide bonds. The van der Waals surface area contributed by atoms with Gasteiger partial charge in [0, 0.05) is 18.3 Å². The molecule has 1 aromatic carbocycles. The summed E-state index contributed by atoms with van der Waals surface area (Å²) in [5.41, 5.74) is 1.14. The summed E-state index contributed by atoms with van der Waals surface area (Å²) in [7, 11) is 1.76. The van der Waals surface area contributed by atoms with E-state index in [1.807, 2.05) is 30.3 Å². The van der Waals surface area contributed by atoms with E-state index in [4.69, 9.17) is 10.1 Å². The Morgan fingerprint density at radius 1 is 1.25 bits per heavy atom. The number of aryl methyl sites for hydroxylation is 1. The van der Waals surface area contributed by atoms with Crippen LogP contribution >= 0.6 is 11.3 Å². The third-order valence-corrected chi connectivity index (χ3v) is 4.93. The van der Waals surface area contributed by atoms with E-state index in [-0.39, 0.29) is 6.54 Å². The van der Waals surface area contributed by atoms with Gasteiger partial charge in [-0.05, 0) is 18.1 Å². The molecule has 24 heavy (non-hydrogen) atoms. The van der Waals surface area contributed by atoms with Crippen molar-refractivity contribution in [3.63, 3.8) is 0 Å². The van der Waals surface area contributed by atoms with Gasteiger partial charge in [0.15, 0.2) is 0 Å². The molecule has 0 saturated heterocycles. The third kappa shape index (κ3) is 3.54. The lowest BCUT2D eigenvalue weighted by Gasteiger charge is -2.17. The smallest absolute Gasteiger partial charge is 0.323 e. The average Bonchev–Trinajstić information content (AvgIpc) is 2.97. The van der Waals surface area contributed by atoms with Crippen LogP contribution in [0.3, 0.4) is 0 Å². The molecule has 5 nitrogen and oxygen atoms in total. The van der Waals surface area contributed by atoms with E-state index in [2.05, 4.69) is 18.0 Å². The van der Waals surface area contributed by atoms with Crippen LogP contribution in [0, 0.1) is 0 Å². The molecule has 0 saturated carbocycles. The van der Waals surface area contributed by atoms with Gasteiger partial charge >= 0.3 is 5.97 Å². The maximum absolute atomic E-state index is 11.1. The van der Waals surface area contributed by atoms with Gasteiger partial charge in [0.05, 0.1) is 5.39 Å². The number of aliphatic carboxylic acids is 1. The van der Waals surface area contributed by atoms with Gasteiger partial charge in [0.1, 0.15) is 23.0 Å². The molecule has 0 unspecified atom stereocenters. The van der Waals surface area contributed by atoms with Crippen molar-refractivity contribution in [2.24, 2.45) is 0 Å². The zero-order chi connectivity index (χ0) is 17.1. The summed E-state index contributed by atoms with van der Waals surface area (Å²) in [5, 5.41) is 10.0. The SMILES string of the molecule is CCc1cc2c(N(C)CC(=O)O)nc(Cc3ccccc3)nc2s1. The standard InChI is InChI=1S/C18H19N3O2S/c1-3-13-10-14-17(21(2)11-16(22)23)19-15(20-18(14)24-13)9-12-7-5-4-6-8-12/h4-8,10H,3,9,11H2,1-2H3,(H,22,23). The topological polar surface area (TPSA) is 66.3 Å². The van der Waals surface area contributed by atoms with Gasteiger partial charge < -0.3 is 10.0 Å². The fourth-order valence-corrected chi connectivity index (χ4v) is 3.58. The average molecular weight is 341 g/mol. The molecule has 6 heteroatoms. The summed E-state index contributed by atoms with van der Waals surface area (Å²) in [6, 6.07) is 12.1. The van der Waals surface area contributed by atoms with E-state index in [1.54, 1.807) is 23.3 Å². The van der Waals surface area contributed by atoms with Crippen molar-refractivity contribution in [3.8, 4) is 0 Å².